The number of thioether (sulfide) groups is 1. The minimum absolute atomic E-state index is 0.0387. The number of nitrogens with zero attached hydrogens (tertiary/aromatic N) is 3. The van der Waals surface area contributed by atoms with Gasteiger partial charge in [-0.1, -0.05) is 21.9 Å². The molecule has 2 heterocycles. The Morgan fingerprint density at radius 2 is 2.04 bits per heavy atom. The Labute approximate surface area is 146 Å². The first-order valence-electron chi connectivity index (χ1n) is 7.13. The van der Waals surface area contributed by atoms with Crippen LogP contribution in [0.25, 0.3) is 11.7 Å². The standard InChI is InChI=1S/C15H13ClN4O3S/c16-10-3-5-11(6-4-10)24-9-1-2-13(21)18-15-20-19-14(22-15)12-7-8-17-23-12/h3-8H,1-2,9H2,(H,18,20,21). The molecule has 0 aliphatic rings. The predicted molar refractivity (Wildman–Crippen MR) is 89.8 cm³/mol. The molecule has 0 radical (unpaired) electrons. The van der Waals surface area contributed by atoms with E-state index in [1.807, 2.05) is 24.3 Å². The number of hydrogen-bond donors (Lipinski definition) is 1. The predicted octanol–water partition coefficient (Wildman–Crippen LogP) is 3.89. The lowest BCUT2D eigenvalue weighted by Gasteiger charge is -2.02. The second kappa shape index (κ2) is 7.98. The second-order valence-electron chi connectivity index (χ2n) is 4.74. The highest BCUT2D eigenvalue weighted by Gasteiger charge is 2.13. The number of nitrogens with one attached hydrogen (secondary N) is 1. The van der Waals surface area contributed by atoms with Gasteiger partial charge in [0.2, 0.25) is 11.7 Å². The van der Waals surface area contributed by atoms with Crippen molar-refractivity contribution in [2.24, 2.45) is 0 Å². The van der Waals surface area contributed by atoms with E-state index in [0.717, 1.165) is 17.1 Å². The molecule has 0 aliphatic heterocycles. The van der Waals surface area contributed by atoms with Gasteiger partial charge in [0, 0.05) is 22.4 Å². The van der Waals surface area contributed by atoms with Gasteiger partial charge in [-0.3, -0.25) is 10.1 Å². The van der Waals surface area contributed by atoms with Crippen LogP contribution in [0, 0.1) is 0 Å². The maximum atomic E-state index is 11.9. The zero-order chi connectivity index (χ0) is 16.8. The zero-order valence-electron chi connectivity index (χ0n) is 12.4. The van der Waals surface area contributed by atoms with E-state index >= 15 is 0 Å². The van der Waals surface area contributed by atoms with Crippen LogP contribution in [0.15, 0.2) is 50.4 Å². The van der Waals surface area contributed by atoms with Crippen LogP contribution in [-0.4, -0.2) is 27.0 Å². The lowest BCUT2D eigenvalue weighted by Crippen LogP contribution is -2.11. The lowest BCUT2D eigenvalue weighted by atomic mass is 10.3. The van der Waals surface area contributed by atoms with Crippen molar-refractivity contribution in [3.8, 4) is 11.7 Å². The second-order valence-corrected chi connectivity index (χ2v) is 6.35. The van der Waals surface area contributed by atoms with Gasteiger partial charge in [-0.15, -0.1) is 16.9 Å². The summed E-state index contributed by atoms with van der Waals surface area (Å²) in [7, 11) is 0. The SMILES string of the molecule is O=C(CCCSc1ccc(Cl)cc1)Nc1nnc(-c2ccno2)o1. The molecule has 0 spiro atoms. The van der Waals surface area contributed by atoms with E-state index in [1.165, 1.54) is 6.20 Å². The van der Waals surface area contributed by atoms with Gasteiger partial charge < -0.3 is 8.94 Å². The molecule has 0 aliphatic carbocycles. The monoisotopic (exact) mass is 364 g/mol. The van der Waals surface area contributed by atoms with Crippen molar-refractivity contribution in [1.82, 2.24) is 15.4 Å². The normalized spacial score (nSPS) is 10.7. The van der Waals surface area contributed by atoms with Crippen molar-refractivity contribution in [3.05, 3.63) is 41.6 Å². The van der Waals surface area contributed by atoms with Crippen molar-refractivity contribution in [2.45, 2.75) is 17.7 Å². The number of aromatic nitrogens is 3. The number of halogens is 1. The molecule has 0 atom stereocenters. The van der Waals surface area contributed by atoms with Crippen LogP contribution in [0.1, 0.15) is 12.8 Å². The van der Waals surface area contributed by atoms with E-state index in [0.29, 0.717) is 17.2 Å². The Morgan fingerprint density at radius 3 is 2.79 bits per heavy atom. The summed E-state index contributed by atoms with van der Waals surface area (Å²) in [5.74, 6) is 1.16. The molecule has 0 saturated carbocycles. The van der Waals surface area contributed by atoms with Gasteiger partial charge in [0.25, 0.3) is 5.89 Å². The highest BCUT2D eigenvalue weighted by molar-refractivity contribution is 7.99. The first-order valence-corrected chi connectivity index (χ1v) is 8.50. The largest absolute Gasteiger partial charge is 0.400 e. The van der Waals surface area contributed by atoms with Crippen LogP contribution < -0.4 is 5.32 Å². The molecule has 1 N–H and O–H groups in total. The van der Waals surface area contributed by atoms with Gasteiger partial charge >= 0.3 is 6.01 Å². The van der Waals surface area contributed by atoms with E-state index in [1.54, 1.807) is 17.8 Å². The number of benzene rings is 1. The highest BCUT2D eigenvalue weighted by Crippen LogP contribution is 2.22. The van der Waals surface area contributed by atoms with Crippen molar-refractivity contribution in [2.75, 3.05) is 11.1 Å². The van der Waals surface area contributed by atoms with Gasteiger partial charge in [-0.25, -0.2) is 0 Å². The highest BCUT2D eigenvalue weighted by atomic mass is 35.5. The zero-order valence-corrected chi connectivity index (χ0v) is 14.0. The number of hydrogen-bond acceptors (Lipinski definition) is 7. The molecule has 1 aromatic carbocycles. The summed E-state index contributed by atoms with van der Waals surface area (Å²) in [6, 6.07) is 9.23. The van der Waals surface area contributed by atoms with Crippen molar-refractivity contribution >= 4 is 35.3 Å². The van der Waals surface area contributed by atoms with Crippen LogP contribution in [0.5, 0.6) is 0 Å². The maximum Gasteiger partial charge on any atom is 0.322 e. The molecule has 7 nitrogen and oxygen atoms in total. The van der Waals surface area contributed by atoms with E-state index in [4.69, 9.17) is 20.5 Å². The van der Waals surface area contributed by atoms with Gasteiger partial charge in [-0.2, -0.15) is 0 Å². The van der Waals surface area contributed by atoms with E-state index in [-0.39, 0.29) is 17.8 Å². The maximum absolute atomic E-state index is 11.9. The third-order valence-corrected chi connectivity index (χ3v) is 4.30. The fourth-order valence-corrected chi connectivity index (χ4v) is 2.81. The summed E-state index contributed by atoms with van der Waals surface area (Å²) in [6.45, 7) is 0. The summed E-state index contributed by atoms with van der Waals surface area (Å²) in [5, 5.41) is 14.3. The van der Waals surface area contributed by atoms with Gasteiger partial charge in [-0.05, 0) is 36.4 Å². The molecule has 1 amide bonds. The molecule has 3 aromatic rings. The number of carbonyl (C=O) groups excluding carboxylic acids is 1. The van der Waals surface area contributed by atoms with E-state index in [2.05, 4.69) is 20.7 Å². The quantitative estimate of drug-likeness (QED) is 0.502. The number of carbonyl (C=O) groups is 1. The molecule has 0 saturated heterocycles. The molecule has 24 heavy (non-hydrogen) atoms. The van der Waals surface area contributed by atoms with Crippen molar-refractivity contribution in [1.29, 1.82) is 0 Å². The lowest BCUT2D eigenvalue weighted by molar-refractivity contribution is -0.116. The average molecular weight is 365 g/mol. The van der Waals surface area contributed by atoms with Gasteiger partial charge in [0.1, 0.15) is 0 Å². The van der Waals surface area contributed by atoms with Crippen LogP contribution >= 0.6 is 23.4 Å². The smallest absolute Gasteiger partial charge is 0.322 e. The molecular weight excluding hydrogens is 352 g/mol. The van der Waals surface area contributed by atoms with E-state index in [9.17, 15) is 4.79 Å². The fraction of sp³-hybridized carbons (Fsp3) is 0.200. The molecule has 0 bridgehead atoms. The van der Waals surface area contributed by atoms with Crippen LogP contribution in [-0.2, 0) is 4.79 Å². The third-order valence-electron chi connectivity index (χ3n) is 2.95. The van der Waals surface area contributed by atoms with Crippen LogP contribution in [0.2, 0.25) is 5.02 Å². The summed E-state index contributed by atoms with van der Waals surface area (Å²) in [5.41, 5.74) is 0. The van der Waals surface area contributed by atoms with E-state index < -0.39 is 0 Å². The topological polar surface area (TPSA) is 94.1 Å². The minimum atomic E-state index is -0.181. The Morgan fingerprint density at radius 1 is 1.21 bits per heavy atom. The molecule has 124 valence electrons. The first kappa shape index (κ1) is 16.5. The summed E-state index contributed by atoms with van der Waals surface area (Å²) < 4.78 is 10.2. The molecule has 0 fully saturated rings. The Balaban J connectivity index is 1.40. The molecule has 9 heteroatoms. The Bertz CT molecular complexity index is 789. The molecular formula is C15H13ClN4O3S. The van der Waals surface area contributed by atoms with Gasteiger partial charge in [0.05, 0.1) is 6.20 Å². The summed E-state index contributed by atoms with van der Waals surface area (Å²) in [4.78, 5) is 13.0. The Hall–Kier alpha value is -2.32. The average Bonchev–Trinajstić information content (AvgIpc) is 3.24. The van der Waals surface area contributed by atoms with Crippen LogP contribution in [0.4, 0.5) is 6.01 Å². The molecule has 3 rings (SSSR count). The minimum Gasteiger partial charge on any atom is -0.400 e. The molecule has 2 aromatic heterocycles. The molecule has 0 unspecified atom stereocenters. The Kier molecular flexibility index (Phi) is 5.50. The number of amides is 1. The number of anilines is 1. The first-order chi connectivity index (χ1) is 11.7. The van der Waals surface area contributed by atoms with Gasteiger partial charge in [0.15, 0.2) is 0 Å². The summed E-state index contributed by atoms with van der Waals surface area (Å²) >= 11 is 7.50. The van der Waals surface area contributed by atoms with Crippen LogP contribution in [0.3, 0.4) is 0 Å². The third kappa shape index (κ3) is 4.59. The van der Waals surface area contributed by atoms with Crippen molar-refractivity contribution in [3.63, 3.8) is 0 Å². The number of rotatable bonds is 7. The summed E-state index contributed by atoms with van der Waals surface area (Å²) in [6.07, 6.45) is 2.55. The fourth-order valence-electron chi connectivity index (χ4n) is 1.83. The van der Waals surface area contributed by atoms with Crippen molar-refractivity contribution < 1.29 is 13.7 Å².